The second-order valence-electron chi connectivity index (χ2n) is 11.5. The van der Waals surface area contributed by atoms with Gasteiger partial charge in [0.05, 0.1) is 5.16 Å². The van der Waals surface area contributed by atoms with Crippen LogP contribution in [0.5, 0.6) is 0 Å². The minimum atomic E-state index is -5.20. The lowest BCUT2D eigenvalue weighted by atomic mass is 9.58. The summed E-state index contributed by atoms with van der Waals surface area (Å²) >= 11 is 0. The van der Waals surface area contributed by atoms with Crippen molar-refractivity contribution < 1.29 is 28.7 Å². The Bertz CT molecular complexity index is 924. The molecule has 0 aromatic rings. The third-order valence-electron chi connectivity index (χ3n) is 10.5. The molecule has 12 nitrogen and oxygen atoms in total. The lowest BCUT2D eigenvalue weighted by Crippen LogP contribution is -2.91. The quantitative estimate of drug-likeness (QED) is 0.134. The first-order valence-electron chi connectivity index (χ1n) is 11.1. The molecule has 5 aliphatic carbocycles. The van der Waals surface area contributed by atoms with E-state index in [1.807, 2.05) is 0 Å². The van der Waals surface area contributed by atoms with Crippen LogP contribution in [0.2, 0.25) is 0 Å². The molecule has 14 heteroatoms. The zero-order valence-corrected chi connectivity index (χ0v) is 19.8. The molecule has 0 bridgehead atoms. The third kappa shape index (κ3) is 2.26. The molecule has 5 aliphatic rings. The highest BCUT2D eigenvalue weighted by molar-refractivity contribution is 7.54. The summed E-state index contributed by atoms with van der Waals surface area (Å²) in [5.74, 6) is 0. The highest BCUT2D eigenvalue weighted by atomic mass is 31.2. The van der Waals surface area contributed by atoms with Gasteiger partial charge in [0.25, 0.3) is 0 Å². The van der Waals surface area contributed by atoms with Gasteiger partial charge in [-0.1, -0.05) is 0 Å². The maximum atomic E-state index is 12.6. The van der Waals surface area contributed by atoms with Crippen molar-refractivity contribution in [2.24, 2.45) is 56.1 Å². The van der Waals surface area contributed by atoms with Crippen LogP contribution in [-0.4, -0.2) is 41.5 Å². The molecule has 0 aromatic heterocycles. The fraction of sp³-hybridized carbons (Fsp3) is 1.00. The molecule has 5 saturated carbocycles. The maximum Gasteiger partial charge on any atom is 0.363 e. The van der Waals surface area contributed by atoms with Gasteiger partial charge < -0.3 is 54.0 Å². The Morgan fingerprint density at radius 1 is 0.594 bits per heavy atom. The monoisotopic (exact) mass is 494 g/mol. The molecule has 5 rings (SSSR count). The first-order chi connectivity index (χ1) is 14.3. The Kier molecular flexibility index (Phi) is 4.25. The zero-order chi connectivity index (χ0) is 24.1. The average Bonchev–Trinajstić information content (AvgIpc) is 3.50. The highest BCUT2D eigenvalue weighted by Gasteiger charge is 2.92. The maximum absolute atomic E-state index is 12.6. The largest absolute Gasteiger partial charge is 0.363 e. The lowest BCUT2D eigenvalue weighted by Gasteiger charge is -2.57. The van der Waals surface area contributed by atoms with Crippen molar-refractivity contribution in [2.45, 2.75) is 86.1 Å². The van der Waals surface area contributed by atoms with E-state index in [0.717, 1.165) is 38.5 Å². The normalized spacial score (nSPS) is 31.1. The SMILES string of the molecule is NC(N)(C(N)(N)C(N)(N)P(=O)(O)O)C1(C2(C3(C4(C5(P(=O)(O)O)CC5)CC4)CC3)CC2)CC1. The van der Waals surface area contributed by atoms with Crippen molar-refractivity contribution in [1.82, 2.24) is 0 Å². The van der Waals surface area contributed by atoms with Crippen LogP contribution in [0.4, 0.5) is 0 Å². The minimum absolute atomic E-state index is 0.345. The molecule has 0 saturated heterocycles. The molecular formula is C18H36N6O6P2. The van der Waals surface area contributed by atoms with Crippen molar-refractivity contribution in [3.8, 4) is 0 Å². The molecule has 0 aromatic carbocycles. The summed E-state index contributed by atoms with van der Waals surface area (Å²) in [5, 5.41) is -3.86. The van der Waals surface area contributed by atoms with Gasteiger partial charge in [0.2, 0.25) is 5.40 Å². The van der Waals surface area contributed by atoms with Crippen LogP contribution in [0, 0.1) is 21.7 Å². The van der Waals surface area contributed by atoms with E-state index in [1.165, 1.54) is 0 Å². The summed E-state index contributed by atoms with van der Waals surface area (Å²) in [7, 11) is -9.53. The van der Waals surface area contributed by atoms with Gasteiger partial charge >= 0.3 is 15.2 Å². The fourth-order valence-electron chi connectivity index (χ4n) is 8.14. The summed E-state index contributed by atoms with van der Waals surface area (Å²) in [5.41, 5.74) is 30.6. The Hall–Kier alpha value is 0.0600. The van der Waals surface area contributed by atoms with E-state index in [4.69, 9.17) is 34.4 Å². The minimum Gasteiger partial charge on any atom is -0.324 e. The van der Waals surface area contributed by atoms with Crippen LogP contribution in [0.25, 0.3) is 0 Å². The van der Waals surface area contributed by atoms with Crippen molar-refractivity contribution in [1.29, 1.82) is 0 Å². The van der Waals surface area contributed by atoms with E-state index >= 15 is 0 Å². The molecular weight excluding hydrogens is 458 g/mol. The summed E-state index contributed by atoms with van der Waals surface area (Å²) in [4.78, 5) is 40.1. The smallest absolute Gasteiger partial charge is 0.324 e. The molecule has 0 heterocycles. The number of hydrogen-bond donors (Lipinski definition) is 10. The molecule has 32 heavy (non-hydrogen) atoms. The lowest BCUT2D eigenvalue weighted by molar-refractivity contribution is -0.0226. The molecule has 16 N–H and O–H groups in total. The number of hydrogen-bond acceptors (Lipinski definition) is 8. The second-order valence-corrected chi connectivity index (χ2v) is 15.3. The van der Waals surface area contributed by atoms with Gasteiger partial charge in [-0.15, -0.1) is 0 Å². The van der Waals surface area contributed by atoms with Gasteiger partial charge in [-0.25, -0.2) is 0 Å². The predicted octanol–water partition coefficient (Wildman–Crippen LogP) is -1.21. The summed E-state index contributed by atoms with van der Waals surface area (Å²) in [6, 6.07) is 0. The molecule has 0 spiro atoms. The van der Waals surface area contributed by atoms with Crippen molar-refractivity contribution in [2.75, 3.05) is 0 Å². The average molecular weight is 494 g/mol. The van der Waals surface area contributed by atoms with Crippen LogP contribution < -0.4 is 34.4 Å². The van der Waals surface area contributed by atoms with Gasteiger partial charge in [-0.05, 0) is 80.5 Å². The first kappa shape index (κ1) is 23.8. The van der Waals surface area contributed by atoms with E-state index in [1.54, 1.807) is 0 Å². The van der Waals surface area contributed by atoms with Crippen LogP contribution >= 0.6 is 15.2 Å². The van der Waals surface area contributed by atoms with Crippen LogP contribution in [0.1, 0.15) is 64.2 Å². The Labute approximate surface area is 186 Å². The number of rotatable bonds is 9. The van der Waals surface area contributed by atoms with Gasteiger partial charge in [0.15, 0.2) is 0 Å². The molecule has 0 aliphatic heterocycles. The Balaban J connectivity index is 1.58. The van der Waals surface area contributed by atoms with Crippen LogP contribution in [0.3, 0.4) is 0 Å². The van der Waals surface area contributed by atoms with Crippen molar-refractivity contribution in [3.63, 3.8) is 0 Å². The summed E-state index contributed by atoms with van der Waals surface area (Å²) in [6.07, 6.45) is 6.68. The standard InChI is InChI=1S/C18H36N6O6P2/c19-16(20,17(21,22)18(23,24)32(28,29)30)14(7-8-14)12(3-4-12)11(1-2-11)13(5-6-13)15(9-10-15)31(25,26)27/h1-10,19-24H2,(H2,25,26,27)(H2,28,29,30). The summed E-state index contributed by atoms with van der Waals surface area (Å²) in [6.45, 7) is 0. The van der Waals surface area contributed by atoms with E-state index in [2.05, 4.69) is 0 Å². The molecule has 0 atom stereocenters. The highest BCUT2D eigenvalue weighted by Crippen LogP contribution is 2.96. The third-order valence-corrected chi connectivity index (χ3v) is 13.9. The molecule has 5 fully saturated rings. The van der Waals surface area contributed by atoms with Gasteiger partial charge in [-0.3, -0.25) is 9.13 Å². The van der Waals surface area contributed by atoms with Gasteiger partial charge in [0, 0.05) is 5.41 Å². The van der Waals surface area contributed by atoms with Gasteiger partial charge in [0.1, 0.15) is 11.3 Å². The zero-order valence-electron chi connectivity index (χ0n) is 18.0. The number of nitrogens with two attached hydrogens (primary N) is 6. The molecule has 0 amide bonds. The Morgan fingerprint density at radius 2 is 1.00 bits per heavy atom. The Morgan fingerprint density at radius 3 is 1.25 bits per heavy atom. The topological polar surface area (TPSA) is 271 Å². The fourth-order valence-corrected chi connectivity index (χ4v) is 10.5. The van der Waals surface area contributed by atoms with Gasteiger partial charge in [-0.2, -0.15) is 0 Å². The van der Waals surface area contributed by atoms with E-state index in [0.29, 0.717) is 25.7 Å². The van der Waals surface area contributed by atoms with E-state index in [9.17, 15) is 28.7 Å². The summed E-state index contributed by atoms with van der Waals surface area (Å²) < 4.78 is 24.6. The van der Waals surface area contributed by atoms with Crippen molar-refractivity contribution >= 4 is 15.2 Å². The molecule has 0 unspecified atom stereocenters. The van der Waals surface area contributed by atoms with Crippen LogP contribution in [-0.2, 0) is 9.13 Å². The second kappa shape index (κ2) is 5.72. The first-order valence-corrected chi connectivity index (χ1v) is 14.4. The van der Waals surface area contributed by atoms with E-state index in [-0.39, 0.29) is 5.41 Å². The molecule has 0 radical (unpaired) electrons. The predicted molar refractivity (Wildman–Crippen MR) is 116 cm³/mol. The molecule has 184 valence electrons. The van der Waals surface area contributed by atoms with Crippen molar-refractivity contribution in [3.05, 3.63) is 0 Å². The van der Waals surface area contributed by atoms with E-state index < -0.39 is 53.3 Å². The van der Waals surface area contributed by atoms with Crippen LogP contribution in [0.15, 0.2) is 0 Å².